The van der Waals surface area contributed by atoms with Crippen LogP contribution in [0.3, 0.4) is 0 Å². The second-order valence-electron chi connectivity index (χ2n) is 17.1. The van der Waals surface area contributed by atoms with Crippen molar-refractivity contribution in [2.75, 3.05) is 54.1 Å². The van der Waals surface area contributed by atoms with Gasteiger partial charge < -0.3 is 18.9 Å². The summed E-state index contributed by atoms with van der Waals surface area (Å²) >= 11 is 0. The number of allylic oxidation sites excluding steroid dienone is 14. The van der Waals surface area contributed by atoms with E-state index in [0.29, 0.717) is 24.1 Å². The molecular formula is C52H93NO7P+. The van der Waals surface area contributed by atoms with E-state index in [0.717, 1.165) is 96.3 Å². The lowest BCUT2D eigenvalue weighted by atomic mass is 10.1. The molecule has 0 aromatic heterocycles. The van der Waals surface area contributed by atoms with Crippen LogP contribution in [0, 0.1) is 0 Å². The number of hydrogen-bond acceptors (Lipinski definition) is 6. The molecule has 0 aliphatic rings. The Labute approximate surface area is 375 Å². The van der Waals surface area contributed by atoms with Crippen molar-refractivity contribution in [1.29, 1.82) is 0 Å². The van der Waals surface area contributed by atoms with Gasteiger partial charge in [0.15, 0.2) is 0 Å². The number of hydrogen-bond donors (Lipinski definition) is 1. The molecule has 0 aliphatic heterocycles. The van der Waals surface area contributed by atoms with Gasteiger partial charge in [0.05, 0.1) is 34.4 Å². The molecule has 2 atom stereocenters. The van der Waals surface area contributed by atoms with E-state index in [-0.39, 0.29) is 25.8 Å². The quantitative estimate of drug-likeness (QED) is 0.0214. The van der Waals surface area contributed by atoms with E-state index in [4.69, 9.17) is 18.5 Å². The molecule has 0 fully saturated rings. The first-order chi connectivity index (χ1) is 29.6. The van der Waals surface area contributed by atoms with Crippen molar-refractivity contribution in [3.63, 3.8) is 0 Å². The number of likely N-dealkylation sites (N-methyl/N-ethyl adjacent to an activating group) is 1. The van der Waals surface area contributed by atoms with Gasteiger partial charge in [0.2, 0.25) is 0 Å². The second kappa shape index (κ2) is 44.3. The first-order valence-electron chi connectivity index (χ1n) is 24.3. The number of carbonyl (C=O) groups excluding carboxylic acids is 1. The number of phosphoric acid groups is 1. The minimum Gasteiger partial charge on any atom is -0.457 e. The highest BCUT2D eigenvalue weighted by Crippen LogP contribution is 2.43. The summed E-state index contributed by atoms with van der Waals surface area (Å²) < 4.78 is 35.1. The molecule has 0 amide bonds. The number of quaternary nitrogens is 1. The molecule has 0 heterocycles. The van der Waals surface area contributed by atoms with Crippen molar-refractivity contribution in [2.24, 2.45) is 0 Å². The Bertz CT molecular complexity index is 1250. The lowest BCUT2D eigenvalue weighted by molar-refractivity contribution is -0.870. The van der Waals surface area contributed by atoms with Crippen molar-refractivity contribution < 1.29 is 37.3 Å². The van der Waals surface area contributed by atoms with Crippen LogP contribution < -0.4 is 0 Å². The number of nitrogens with zero attached hydrogens (tertiary/aromatic N) is 1. The van der Waals surface area contributed by atoms with Crippen LogP contribution in [0.2, 0.25) is 0 Å². The maximum Gasteiger partial charge on any atom is 0.472 e. The molecule has 0 radical (unpaired) electrons. The number of phosphoric ester groups is 1. The molecule has 0 bridgehead atoms. The third-order valence-electron chi connectivity index (χ3n) is 9.94. The Balaban J connectivity index is 4.27. The first-order valence-corrected chi connectivity index (χ1v) is 25.8. The predicted octanol–water partition coefficient (Wildman–Crippen LogP) is 14.8. The highest BCUT2D eigenvalue weighted by atomic mass is 31.2. The van der Waals surface area contributed by atoms with Gasteiger partial charge in [0, 0.05) is 13.0 Å². The Morgan fingerprint density at radius 1 is 0.525 bits per heavy atom. The van der Waals surface area contributed by atoms with Gasteiger partial charge in [-0.25, -0.2) is 4.57 Å². The topological polar surface area (TPSA) is 91.3 Å². The van der Waals surface area contributed by atoms with Crippen molar-refractivity contribution in [1.82, 2.24) is 0 Å². The molecule has 0 aliphatic carbocycles. The lowest BCUT2D eigenvalue weighted by Gasteiger charge is -2.24. The molecule has 2 unspecified atom stereocenters. The molecule has 0 saturated carbocycles. The maximum absolute atomic E-state index is 12.7. The average Bonchev–Trinajstić information content (AvgIpc) is 3.22. The summed E-state index contributed by atoms with van der Waals surface area (Å²) in [5.41, 5.74) is 0. The van der Waals surface area contributed by atoms with Crippen molar-refractivity contribution in [3.05, 3.63) is 85.1 Å². The zero-order chi connectivity index (χ0) is 44.8. The third kappa shape index (κ3) is 48.6. The van der Waals surface area contributed by atoms with E-state index in [1.54, 1.807) is 0 Å². The molecule has 0 aromatic rings. The monoisotopic (exact) mass is 875 g/mol. The maximum atomic E-state index is 12.7. The summed E-state index contributed by atoms with van der Waals surface area (Å²) in [5.74, 6) is -0.336. The van der Waals surface area contributed by atoms with Gasteiger partial charge in [-0.15, -0.1) is 0 Å². The van der Waals surface area contributed by atoms with E-state index in [2.05, 4.69) is 98.9 Å². The van der Waals surface area contributed by atoms with Crippen LogP contribution in [-0.2, 0) is 27.9 Å². The normalized spacial score (nSPS) is 14.4. The van der Waals surface area contributed by atoms with E-state index >= 15 is 0 Å². The molecule has 8 nitrogen and oxygen atoms in total. The van der Waals surface area contributed by atoms with Gasteiger partial charge in [-0.1, -0.05) is 170 Å². The number of rotatable bonds is 44. The molecule has 352 valence electrons. The smallest absolute Gasteiger partial charge is 0.457 e. The van der Waals surface area contributed by atoms with Gasteiger partial charge in [0.25, 0.3) is 0 Å². The fraction of sp³-hybridized carbons (Fsp3) is 0.712. The summed E-state index contributed by atoms with van der Waals surface area (Å²) in [6, 6.07) is 0. The van der Waals surface area contributed by atoms with Crippen LogP contribution in [0.25, 0.3) is 0 Å². The van der Waals surface area contributed by atoms with Gasteiger partial charge >= 0.3 is 13.8 Å². The largest absolute Gasteiger partial charge is 0.472 e. The first kappa shape index (κ1) is 58.7. The van der Waals surface area contributed by atoms with E-state index in [1.807, 2.05) is 21.1 Å². The Kier molecular flexibility index (Phi) is 42.6. The van der Waals surface area contributed by atoms with Crippen molar-refractivity contribution >= 4 is 13.8 Å². The van der Waals surface area contributed by atoms with E-state index < -0.39 is 13.9 Å². The summed E-state index contributed by atoms with van der Waals surface area (Å²) in [4.78, 5) is 23.0. The molecule has 0 aromatic carbocycles. The van der Waals surface area contributed by atoms with Crippen LogP contribution in [0.1, 0.15) is 181 Å². The van der Waals surface area contributed by atoms with Crippen LogP contribution in [0.4, 0.5) is 0 Å². The molecule has 1 N–H and O–H groups in total. The standard InChI is InChI=1S/C52H92NO7P/c1-6-8-10-12-14-16-18-20-22-24-26-27-28-29-31-33-35-37-39-41-43-45-52(54)60-51(50-59-61(55,56)58-48-46-53(3,4)5)49-57-47-44-42-40-38-36-34-32-30-25-23-21-19-17-15-13-11-9-7-2/h9,11,15,17-18,20-21,23-24,26,28-30,32,51H,6-8,10,12-14,16,19,22,25,27,31,33-50H2,1-5H3/p+1/b11-9-,17-15-,20-18-,23-21-,26-24-,29-28-,32-30-. The van der Waals surface area contributed by atoms with Gasteiger partial charge in [-0.2, -0.15) is 0 Å². The average molecular weight is 875 g/mol. The highest BCUT2D eigenvalue weighted by Gasteiger charge is 2.26. The second-order valence-corrected chi connectivity index (χ2v) is 18.6. The van der Waals surface area contributed by atoms with Crippen molar-refractivity contribution in [3.8, 4) is 0 Å². The van der Waals surface area contributed by atoms with E-state index in [1.165, 1.54) is 64.2 Å². The fourth-order valence-corrected chi connectivity index (χ4v) is 6.94. The fourth-order valence-electron chi connectivity index (χ4n) is 6.20. The highest BCUT2D eigenvalue weighted by molar-refractivity contribution is 7.47. The summed E-state index contributed by atoms with van der Waals surface area (Å²) in [6.07, 6.45) is 59.1. The Hall–Kier alpha value is -2.32. The van der Waals surface area contributed by atoms with Crippen LogP contribution >= 0.6 is 7.82 Å². The van der Waals surface area contributed by atoms with Gasteiger partial charge in [-0.3, -0.25) is 13.8 Å². The van der Waals surface area contributed by atoms with Crippen LogP contribution in [0.5, 0.6) is 0 Å². The SMILES string of the molecule is CC/C=C\C/C=C\C/C=C\C/C=C\CCCCCCCOCC(COP(=O)(O)OCC[N+](C)(C)C)OC(=O)CCCCCCCC/C=C\C/C=C\C/C=C\CCCCCCC. The molecule has 0 spiro atoms. The zero-order valence-electron chi connectivity index (χ0n) is 39.9. The lowest BCUT2D eigenvalue weighted by Crippen LogP contribution is -2.37. The molecule has 0 saturated heterocycles. The summed E-state index contributed by atoms with van der Waals surface area (Å²) in [7, 11) is 1.63. The molecule has 9 heteroatoms. The van der Waals surface area contributed by atoms with Crippen LogP contribution in [-0.4, -0.2) is 75.6 Å². The van der Waals surface area contributed by atoms with E-state index in [9.17, 15) is 14.3 Å². The minimum atomic E-state index is -4.29. The van der Waals surface area contributed by atoms with Gasteiger partial charge in [0.1, 0.15) is 19.3 Å². The Morgan fingerprint density at radius 3 is 1.43 bits per heavy atom. The number of carbonyl (C=O) groups is 1. The number of esters is 1. The van der Waals surface area contributed by atoms with Gasteiger partial charge in [-0.05, 0) is 89.9 Å². The minimum absolute atomic E-state index is 0.0770. The molecule has 61 heavy (non-hydrogen) atoms. The molecule has 0 rings (SSSR count). The summed E-state index contributed by atoms with van der Waals surface area (Å²) in [5, 5.41) is 0. The zero-order valence-corrected chi connectivity index (χ0v) is 40.8. The van der Waals surface area contributed by atoms with Crippen molar-refractivity contribution in [2.45, 2.75) is 187 Å². The molecular weight excluding hydrogens is 782 g/mol. The summed E-state index contributed by atoms with van der Waals surface area (Å²) in [6.45, 7) is 5.42. The number of ether oxygens (including phenoxy) is 2. The van der Waals surface area contributed by atoms with Crippen LogP contribution in [0.15, 0.2) is 85.1 Å². The Morgan fingerprint density at radius 2 is 0.951 bits per heavy atom. The predicted molar refractivity (Wildman–Crippen MR) is 261 cm³/mol. The number of unbranched alkanes of at least 4 members (excludes halogenated alkanes) is 16. The third-order valence-corrected chi connectivity index (χ3v) is 10.9.